The predicted molar refractivity (Wildman–Crippen MR) is 113 cm³/mol. The molecule has 1 fully saturated rings. The van der Waals surface area contributed by atoms with Crippen LogP contribution in [0.3, 0.4) is 0 Å². The van der Waals surface area contributed by atoms with E-state index in [2.05, 4.69) is 15.2 Å². The first-order chi connectivity index (χ1) is 13.5. The summed E-state index contributed by atoms with van der Waals surface area (Å²) >= 11 is 18.1. The molecule has 2 aromatic rings. The number of benzene rings is 1. The van der Waals surface area contributed by atoms with Crippen LogP contribution in [0.4, 0.5) is 0 Å². The molecule has 5 nitrogen and oxygen atoms in total. The Balaban J connectivity index is 1.77. The van der Waals surface area contributed by atoms with Crippen molar-refractivity contribution in [1.82, 2.24) is 15.2 Å². The van der Waals surface area contributed by atoms with Gasteiger partial charge < -0.3 is 10.1 Å². The van der Waals surface area contributed by atoms with Crippen molar-refractivity contribution < 1.29 is 9.53 Å². The fourth-order valence-electron chi connectivity index (χ4n) is 3.39. The number of carbonyl (C=O) groups excluding carboxylic acids is 1. The van der Waals surface area contributed by atoms with Gasteiger partial charge in [-0.05, 0) is 43.6 Å². The van der Waals surface area contributed by atoms with E-state index in [1.54, 1.807) is 7.11 Å². The second-order valence-corrected chi connectivity index (χ2v) is 7.84. The highest BCUT2D eigenvalue weighted by molar-refractivity contribution is 6.48. The normalized spacial score (nSPS) is 15.9. The Morgan fingerprint density at radius 3 is 2.46 bits per heavy atom. The van der Waals surface area contributed by atoms with Crippen LogP contribution < -0.4 is 10.1 Å². The lowest BCUT2D eigenvalue weighted by atomic mass is 10.0. The Morgan fingerprint density at radius 1 is 1.14 bits per heavy atom. The summed E-state index contributed by atoms with van der Waals surface area (Å²) in [5.74, 6) is 0.427. The molecule has 1 saturated heterocycles. The zero-order valence-electron chi connectivity index (χ0n) is 15.6. The van der Waals surface area contributed by atoms with Gasteiger partial charge in [-0.15, -0.1) is 0 Å². The molecule has 1 aromatic heterocycles. The average molecular weight is 443 g/mol. The summed E-state index contributed by atoms with van der Waals surface area (Å²) < 4.78 is 5.25. The Morgan fingerprint density at radius 2 is 1.82 bits per heavy atom. The topological polar surface area (TPSA) is 54.5 Å². The molecular formula is C20H22Cl3N3O2. The van der Waals surface area contributed by atoms with Crippen LogP contribution in [0.1, 0.15) is 41.4 Å². The molecule has 1 amide bonds. The number of halogens is 3. The highest BCUT2D eigenvalue weighted by Crippen LogP contribution is 2.31. The summed E-state index contributed by atoms with van der Waals surface area (Å²) in [5, 5.41) is 3.36. The molecule has 1 unspecified atom stereocenters. The molecule has 1 aromatic carbocycles. The highest BCUT2D eigenvalue weighted by Gasteiger charge is 2.24. The van der Waals surface area contributed by atoms with E-state index in [0.717, 1.165) is 37.2 Å². The minimum Gasteiger partial charge on any atom is -0.497 e. The summed E-state index contributed by atoms with van der Waals surface area (Å²) in [7, 11) is 1.64. The van der Waals surface area contributed by atoms with Crippen molar-refractivity contribution in [3.05, 3.63) is 56.8 Å². The Kier molecular flexibility index (Phi) is 7.41. The lowest BCUT2D eigenvalue weighted by Crippen LogP contribution is -2.40. The van der Waals surface area contributed by atoms with Gasteiger partial charge in [0.05, 0.1) is 28.2 Å². The fraction of sp³-hybridized carbons (Fsp3) is 0.400. The van der Waals surface area contributed by atoms with Crippen molar-refractivity contribution >= 4 is 40.7 Å². The summed E-state index contributed by atoms with van der Waals surface area (Å²) in [6.07, 6.45) is 4.87. The Bertz CT molecular complexity index is 824. The van der Waals surface area contributed by atoms with Gasteiger partial charge in [-0.25, -0.2) is 4.98 Å². The van der Waals surface area contributed by atoms with E-state index in [-0.39, 0.29) is 32.7 Å². The number of ether oxygens (including phenoxy) is 1. The third kappa shape index (κ3) is 4.90. The number of aromatic nitrogens is 1. The molecule has 0 radical (unpaired) electrons. The largest absolute Gasteiger partial charge is 0.497 e. The summed E-state index contributed by atoms with van der Waals surface area (Å²) in [6, 6.07) is 8.00. The molecule has 1 aliphatic heterocycles. The second kappa shape index (κ2) is 9.79. The molecule has 1 N–H and O–H groups in total. The van der Waals surface area contributed by atoms with Gasteiger partial charge in [0.1, 0.15) is 11.4 Å². The number of piperidine rings is 1. The van der Waals surface area contributed by atoms with E-state index in [0.29, 0.717) is 6.54 Å². The summed E-state index contributed by atoms with van der Waals surface area (Å²) in [6.45, 7) is 2.43. The molecule has 0 spiro atoms. The fourth-order valence-corrected chi connectivity index (χ4v) is 3.95. The standard InChI is InChI=1S/C20H22Cl3N3O2/c1-28-14-7-5-13(6-8-14)16(26-9-3-2-4-10-26)12-25-20(27)19-18(23)17(22)15(21)11-24-19/h5-8,11,16H,2-4,9-10,12H2,1H3,(H,25,27). The van der Waals surface area contributed by atoms with Crippen molar-refractivity contribution in [2.75, 3.05) is 26.7 Å². The second-order valence-electron chi connectivity index (χ2n) is 6.68. The van der Waals surface area contributed by atoms with Crippen molar-refractivity contribution in [2.24, 2.45) is 0 Å². The summed E-state index contributed by atoms with van der Waals surface area (Å²) in [5.41, 5.74) is 1.19. The number of hydrogen-bond acceptors (Lipinski definition) is 4. The van der Waals surface area contributed by atoms with Gasteiger partial charge in [0, 0.05) is 12.7 Å². The third-order valence-electron chi connectivity index (χ3n) is 4.92. The smallest absolute Gasteiger partial charge is 0.271 e. The zero-order valence-corrected chi connectivity index (χ0v) is 17.8. The number of methoxy groups -OCH3 is 1. The van der Waals surface area contributed by atoms with E-state index >= 15 is 0 Å². The molecule has 150 valence electrons. The molecule has 1 aliphatic rings. The van der Waals surface area contributed by atoms with Crippen LogP contribution in [-0.2, 0) is 0 Å². The van der Waals surface area contributed by atoms with Gasteiger partial charge in [0.15, 0.2) is 0 Å². The number of pyridine rings is 1. The predicted octanol–water partition coefficient (Wildman–Crippen LogP) is 5.01. The maximum atomic E-state index is 12.6. The van der Waals surface area contributed by atoms with Crippen LogP contribution in [0.25, 0.3) is 0 Å². The number of rotatable bonds is 6. The van der Waals surface area contributed by atoms with Gasteiger partial charge >= 0.3 is 0 Å². The molecule has 2 heterocycles. The number of nitrogens with zero attached hydrogens (tertiary/aromatic N) is 2. The Hall–Kier alpha value is -1.53. The van der Waals surface area contributed by atoms with Gasteiger partial charge in [0.2, 0.25) is 0 Å². The third-order valence-corrected chi connectivity index (χ3v) is 6.16. The number of amides is 1. The SMILES string of the molecule is COc1ccc(C(CNC(=O)c2ncc(Cl)c(Cl)c2Cl)N2CCCCC2)cc1. The van der Waals surface area contributed by atoms with E-state index in [1.165, 1.54) is 12.6 Å². The number of nitrogens with one attached hydrogen (secondary N) is 1. The lowest BCUT2D eigenvalue weighted by Gasteiger charge is -2.35. The van der Waals surface area contributed by atoms with Crippen LogP contribution in [-0.4, -0.2) is 42.5 Å². The first-order valence-corrected chi connectivity index (χ1v) is 10.3. The van der Waals surface area contributed by atoms with E-state index in [9.17, 15) is 4.79 Å². The minimum absolute atomic E-state index is 0.0525. The molecule has 0 saturated carbocycles. The molecule has 8 heteroatoms. The molecule has 28 heavy (non-hydrogen) atoms. The molecule has 3 rings (SSSR count). The van der Waals surface area contributed by atoms with Gasteiger partial charge in [-0.3, -0.25) is 9.69 Å². The van der Waals surface area contributed by atoms with E-state index in [1.807, 2.05) is 24.3 Å². The molecule has 0 bridgehead atoms. The summed E-state index contributed by atoms with van der Waals surface area (Å²) in [4.78, 5) is 19.1. The number of likely N-dealkylation sites (tertiary alicyclic amines) is 1. The Labute approximate surface area is 179 Å². The van der Waals surface area contributed by atoms with Crippen molar-refractivity contribution in [3.63, 3.8) is 0 Å². The van der Waals surface area contributed by atoms with Gasteiger partial charge in [0.25, 0.3) is 5.91 Å². The van der Waals surface area contributed by atoms with Crippen LogP contribution in [0.15, 0.2) is 30.5 Å². The molecular weight excluding hydrogens is 421 g/mol. The van der Waals surface area contributed by atoms with Crippen molar-refractivity contribution in [3.8, 4) is 5.75 Å². The number of carbonyl (C=O) groups is 1. The average Bonchev–Trinajstić information content (AvgIpc) is 2.73. The zero-order chi connectivity index (χ0) is 20.1. The maximum absolute atomic E-state index is 12.6. The maximum Gasteiger partial charge on any atom is 0.271 e. The minimum atomic E-state index is -0.376. The first-order valence-electron chi connectivity index (χ1n) is 9.17. The van der Waals surface area contributed by atoms with Gasteiger partial charge in [-0.1, -0.05) is 53.4 Å². The first kappa shape index (κ1) is 21.2. The van der Waals surface area contributed by atoms with Crippen molar-refractivity contribution in [1.29, 1.82) is 0 Å². The monoisotopic (exact) mass is 441 g/mol. The molecule has 1 atom stereocenters. The quantitative estimate of drug-likeness (QED) is 0.683. The highest BCUT2D eigenvalue weighted by atomic mass is 35.5. The van der Waals surface area contributed by atoms with Crippen LogP contribution in [0.5, 0.6) is 5.75 Å². The number of hydrogen-bond donors (Lipinski definition) is 1. The lowest BCUT2D eigenvalue weighted by molar-refractivity contribution is 0.0919. The van der Waals surface area contributed by atoms with Gasteiger partial charge in [-0.2, -0.15) is 0 Å². The van der Waals surface area contributed by atoms with Crippen LogP contribution in [0.2, 0.25) is 15.1 Å². The van der Waals surface area contributed by atoms with Crippen molar-refractivity contribution in [2.45, 2.75) is 25.3 Å². The molecule has 0 aliphatic carbocycles. The van der Waals surface area contributed by atoms with Crippen LogP contribution >= 0.6 is 34.8 Å². The van der Waals surface area contributed by atoms with E-state index in [4.69, 9.17) is 39.5 Å². The van der Waals surface area contributed by atoms with E-state index < -0.39 is 0 Å². The van der Waals surface area contributed by atoms with Crippen LogP contribution in [0, 0.1) is 0 Å².